The Morgan fingerprint density at radius 1 is 0.846 bits per heavy atom. The summed E-state index contributed by atoms with van der Waals surface area (Å²) >= 11 is 0. The summed E-state index contributed by atoms with van der Waals surface area (Å²) in [6.45, 7) is 5.00. The lowest BCUT2D eigenvalue weighted by Crippen LogP contribution is -2.20. The highest BCUT2D eigenvalue weighted by molar-refractivity contribution is 4.76. The third kappa shape index (κ3) is 4.63. The van der Waals surface area contributed by atoms with Crippen molar-refractivity contribution in [3.63, 3.8) is 0 Å². The molecule has 0 amide bonds. The van der Waals surface area contributed by atoms with E-state index in [0.29, 0.717) is 18.6 Å². The highest BCUT2D eigenvalue weighted by atomic mass is 16.3. The molecule has 0 aliphatic rings. The Kier molecular flexibility index (Phi) is 7.29. The molecule has 0 saturated carbocycles. The van der Waals surface area contributed by atoms with E-state index in [0.717, 1.165) is 38.5 Å². The summed E-state index contributed by atoms with van der Waals surface area (Å²) in [6.07, 6.45) is 6.29. The zero-order valence-corrected chi connectivity index (χ0v) is 9.05. The van der Waals surface area contributed by atoms with Gasteiger partial charge < -0.3 is 10.2 Å². The fraction of sp³-hybridized carbons (Fsp3) is 1.00. The Hall–Kier alpha value is -0.0800. The molecule has 0 aromatic carbocycles. The molecule has 0 rings (SSSR count). The standard InChI is InChI=1S/C11H24O2/c1-3-11(4-2,7-5-9-12)8-6-10-13/h12-13H,3-10H2,1-2H3. The average Bonchev–Trinajstić information content (AvgIpc) is 2.20. The van der Waals surface area contributed by atoms with Crippen molar-refractivity contribution in [1.29, 1.82) is 0 Å². The van der Waals surface area contributed by atoms with Gasteiger partial charge in [0.1, 0.15) is 0 Å². The maximum absolute atomic E-state index is 8.80. The second-order valence-electron chi connectivity index (χ2n) is 3.86. The first kappa shape index (κ1) is 12.9. The predicted octanol–water partition coefficient (Wildman–Crippen LogP) is 2.34. The molecule has 0 aliphatic carbocycles. The summed E-state index contributed by atoms with van der Waals surface area (Å²) in [6, 6.07) is 0. The van der Waals surface area contributed by atoms with Crippen molar-refractivity contribution in [2.45, 2.75) is 52.4 Å². The third-order valence-corrected chi connectivity index (χ3v) is 3.23. The molecular formula is C11H24O2. The van der Waals surface area contributed by atoms with Crippen molar-refractivity contribution in [3.05, 3.63) is 0 Å². The molecule has 0 atom stereocenters. The van der Waals surface area contributed by atoms with Gasteiger partial charge in [0, 0.05) is 13.2 Å². The van der Waals surface area contributed by atoms with Gasteiger partial charge in [0.2, 0.25) is 0 Å². The lowest BCUT2D eigenvalue weighted by Gasteiger charge is -2.31. The van der Waals surface area contributed by atoms with Crippen LogP contribution in [0, 0.1) is 5.41 Å². The zero-order valence-electron chi connectivity index (χ0n) is 9.05. The molecule has 0 saturated heterocycles. The second-order valence-corrected chi connectivity index (χ2v) is 3.86. The fourth-order valence-corrected chi connectivity index (χ4v) is 1.99. The largest absolute Gasteiger partial charge is 0.396 e. The molecule has 0 unspecified atom stereocenters. The molecule has 0 radical (unpaired) electrons. The molecule has 0 heterocycles. The maximum atomic E-state index is 8.80. The maximum Gasteiger partial charge on any atom is 0.0431 e. The fourth-order valence-electron chi connectivity index (χ4n) is 1.99. The Balaban J connectivity index is 3.97. The van der Waals surface area contributed by atoms with E-state index in [9.17, 15) is 0 Å². The second kappa shape index (κ2) is 7.34. The summed E-state index contributed by atoms with van der Waals surface area (Å²) in [4.78, 5) is 0. The highest BCUT2D eigenvalue weighted by Crippen LogP contribution is 2.36. The predicted molar refractivity (Wildman–Crippen MR) is 55.7 cm³/mol. The lowest BCUT2D eigenvalue weighted by atomic mass is 9.75. The average molecular weight is 188 g/mol. The van der Waals surface area contributed by atoms with Crippen LogP contribution in [0.3, 0.4) is 0 Å². The van der Waals surface area contributed by atoms with Gasteiger partial charge in [0.15, 0.2) is 0 Å². The van der Waals surface area contributed by atoms with Gasteiger partial charge in [-0.2, -0.15) is 0 Å². The van der Waals surface area contributed by atoms with E-state index in [-0.39, 0.29) is 0 Å². The van der Waals surface area contributed by atoms with E-state index >= 15 is 0 Å². The van der Waals surface area contributed by atoms with Crippen LogP contribution in [0.5, 0.6) is 0 Å². The van der Waals surface area contributed by atoms with Gasteiger partial charge in [-0.05, 0) is 31.1 Å². The number of rotatable bonds is 8. The van der Waals surface area contributed by atoms with Crippen LogP contribution in [0.1, 0.15) is 52.4 Å². The van der Waals surface area contributed by atoms with Crippen LogP contribution in [0.25, 0.3) is 0 Å². The smallest absolute Gasteiger partial charge is 0.0431 e. The SMILES string of the molecule is CCC(CC)(CCCO)CCCO. The Morgan fingerprint density at radius 3 is 1.46 bits per heavy atom. The van der Waals surface area contributed by atoms with Crippen molar-refractivity contribution >= 4 is 0 Å². The number of hydrogen-bond donors (Lipinski definition) is 2. The molecular weight excluding hydrogens is 164 g/mol. The van der Waals surface area contributed by atoms with Crippen LogP contribution in [0.2, 0.25) is 0 Å². The highest BCUT2D eigenvalue weighted by Gasteiger charge is 2.24. The first-order valence-corrected chi connectivity index (χ1v) is 5.46. The molecule has 0 aromatic rings. The molecule has 2 N–H and O–H groups in total. The van der Waals surface area contributed by atoms with Crippen molar-refractivity contribution in [1.82, 2.24) is 0 Å². The van der Waals surface area contributed by atoms with Crippen LogP contribution in [-0.2, 0) is 0 Å². The minimum atomic E-state index is 0.293. The first-order valence-electron chi connectivity index (χ1n) is 5.46. The van der Waals surface area contributed by atoms with Crippen molar-refractivity contribution < 1.29 is 10.2 Å². The zero-order chi connectivity index (χ0) is 10.2. The van der Waals surface area contributed by atoms with E-state index in [4.69, 9.17) is 10.2 Å². The van der Waals surface area contributed by atoms with Gasteiger partial charge in [-0.1, -0.05) is 26.7 Å². The number of aliphatic hydroxyl groups excluding tert-OH is 2. The van der Waals surface area contributed by atoms with Crippen LogP contribution < -0.4 is 0 Å². The van der Waals surface area contributed by atoms with Gasteiger partial charge in [0.05, 0.1) is 0 Å². The quantitative estimate of drug-likeness (QED) is 0.614. The van der Waals surface area contributed by atoms with E-state index in [1.165, 1.54) is 0 Å². The minimum Gasteiger partial charge on any atom is -0.396 e. The van der Waals surface area contributed by atoms with Crippen molar-refractivity contribution in [3.8, 4) is 0 Å². The topological polar surface area (TPSA) is 40.5 Å². The molecule has 0 aliphatic heterocycles. The van der Waals surface area contributed by atoms with E-state index in [2.05, 4.69) is 13.8 Å². The van der Waals surface area contributed by atoms with Crippen LogP contribution in [-0.4, -0.2) is 23.4 Å². The summed E-state index contributed by atoms with van der Waals surface area (Å²) in [5.41, 5.74) is 0.367. The molecule has 2 nitrogen and oxygen atoms in total. The Morgan fingerprint density at radius 2 is 1.23 bits per heavy atom. The van der Waals surface area contributed by atoms with Crippen molar-refractivity contribution in [2.75, 3.05) is 13.2 Å². The van der Waals surface area contributed by atoms with Gasteiger partial charge in [-0.25, -0.2) is 0 Å². The molecule has 0 fully saturated rings. The van der Waals surface area contributed by atoms with Crippen LogP contribution in [0.15, 0.2) is 0 Å². The van der Waals surface area contributed by atoms with E-state index in [1.807, 2.05) is 0 Å². The molecule has 80 valence electrons. The summed E-state index contributed by atoms with van der Waals surface area (Å²) in [5.74, 6) is 0. The number of aliphatic hydroxyl groups is 2. The molecule has 13 heavy (non-hydrogen) atoms. The van der Waals surface area contributed by atoms with E-state index in [1.54, 1.807) is 0 Å². The van der Waals surface area contributed by atoms with Gasteiger partial charge in [-0.15, -0.1) is 0 Å². The minimum absolute atomic E-state index is 0.293. The number of hydrogen-bond acceptors (Lipinski definition) is 2. The molecule has 0 spiro atoms. The summed E-state index contributed by atoms with van der Waals surface area (Å²) < 4.78 is 0. The van der Waals surface area contributed by atoms with Crippen LogP contribution in [0.4, 0.5) is 0 Å². The van der Waals surface area contributed by atoms with Gasteiger partial charge in [0.25, 0.3) is 0 Å². The van der Waals surface area contributed by atoms with Gasteiger partial charge in [-0.3, -0.25) is 0 Å². The third-order valence-electron chi connectivity index (χ3n) is 3.23. The Bertz CT molecular complexity index is 98.7. The summed E-state index contributed by atoms with van der Waals surface area (Å²) in [5, 5.41) is 17.6. The molecule has 2 heteroatoms. The van der Waals surface area contributed by atoms with Gasteiger partial charge >= 0.3 is 0 Å². The van der Waals surface area contributed by atoms with E-state index < -0.39 is 0 Å². The molecule has 0 aromatic heterocycles. The monoisotopic (exact) mass is 188 g/mol. The van der Waals surface area contributed by atoms with Crippen molar-refractivity contribution in [2.24, 2.45) is 5.41 Å². The summed E-state index contributed by atoms with van der Waals surface area (Å²) in [7, 11) is 0. The lowest BCUT2D eigenvalue weighted by molar-refractivity contribution is 0.164. The molecule has 0 bridgehead atoms. The first-order chi connectivity index (χ1) is 6.24. The normalized spacial score (nSPS) is 12.0. The Labute approximate surface area is 82.0 Å². The van der Waals surface area contributed by atoms with Crippen LogP contribution >= 0.6 is 0 Å².